The highest BCUT2D eigenvalue weighted by Gasteiger charge is 2.22. The maximum absolute atomic E-state index is 12.0. The van der Waals surface area contributed by atoms with Crippen molar-refractivity contribution in [2.45, 2.75) is 52.5 Å². The van der Waals surface area contributed by atoms with Crippen molar-refractivity contribution in [2.24, 2.45) is 5.92 Å². The predicted octanol–water partition coefficient (Wildman–Crippen LogP) is 2.58. The Morgan fingerprint density at radius 2 is 2.00 bits per heavy atom. The first kappa shape index (κ1) is 15.8. The van der Waals surface area contributed by atoms with Crippen LogP contribution in [0.3, 0.4) is 0 Å². The van der Waals surface area contributed by atoms with Crippen molar-refractivity contribution >= 4 is 23.2 Å². The van der Waals surface area contributed by atoms with Gasteiger partial charge in [0.1, 0.15) is 11.5 Å². The maximum Gasteiger partial charge on any atom is 0.273 e. The van der Waals surface area contributed by atoms with Crippen LogP contribution in [0.2, 0.25) is 0 Å². The van der Waals surface area contributed by atoms with Gasteiger partial charge < -0.3 is 9.73 Å². The van der Waals surface area contributed by atoms with E-state index in [0.29, 0.717) is 28.4 Å². The highest BCUT2D eigenvalue weighted by molar-refractivity contribution is 7.80. The molecule has 0 unspecified atom stereocenters. The molecule has 1 aromatic heterocycles. The van der Waals surface area contributed by atoms with Gasteiger partial charge in [-0.25, -0.2) is 0 Å². The number of furan rings is 1. The summed E-state index contributed by atoms with van der Waals surface area (Å²) in [6, 6.07) is 2.10. The van der Waals surface area contributed by atoms with Crippen LogP contribution in [0.1, 0.15) is 54.5 Å². The van der Waals surface area contributed by atoms with E-state index in [1.165, 1.54) is 19.3 Å². The number of hydrogen-bond acceptors (Lipinski definition) is 3. The molecule has 2 atom stereocenters. The summed E-state index contributed by atoms with van der Waals surface area (Å²) in [5.41, 5.74) is 5.89. The fourth-order valence-corrected chi connectivity index (χ4v) is 2.97. The number of hydrogen-bond donors (Lipinski definition) is 3. The van der Waals surface area contributed by atoms with Crippen LogP contribution in [0, 0.1) is 19.8 Å². The molecule has 2 rings (SSSR count). The van der Waals surface area contributed by atoms with Gasteiger partial charge in [-0.15, -0.1) is 0 Å². The van der Waals surface area contributed by atoms with Gasteiger partial charge in [-0.05, 0) is 50.9 Å². The first-order chi connectivity index (χ1) is 9.97. The quantitative estimate of drug-likeness (QED) is 0.579. The van der Waals surface area contributed by atoms with Gasteiger partial charge in [0, 0.05) is 6.04 Å². The lowest BCUT2D eigenvalue weighted by molar-refractivity contribution is 0.0942. The van der Waals surface area contributed by atoms with Gasteiger partial charge in [-0.2, -0.15) is 0 Å². The Kier molecular flexibility index (Phi) is 5.22. The van der Waals surface area contributed by atoms with Gasteiger partial charge in [0.25, 0.3) is 5.91 Å². The molecule has 1 saturated carbocycles. The summed E-state index contributed by atoms with van der Waals surface area (Å²) in [5.74, 6) is 1.68. The summed E-state index contributed by atoms with van der Waals surface area (Å²) in [4.78, 5) is 12.0. The van der Waals surface area contributed by atoms with Gasteiger partial charge in [-0.3, -0.25) is 15.6 Å². The highest BCUT2D eigenvalue weighted by Crippen LogP contribution is 2.23. The zero-order valence-electron chi connectivity index (χ0n) is 12.8. The second kappa shape index (κ2) is 6.93. The second-order valence-corrected chi connectivity index (χ2v) is 6.16. The average Bonchev–Trinajstić information content (AvgIpc) is 2.78. The van der Waals surface area contributed by atoms with Crippen molar-refractivity contribution in [1.29, 1.82) is 0 Å². The minimum atomic E-state index is -0.245. The third-order valence-electron chi connectivity index (χ3n) is 4.00. The molecule has 0 aromatic carbocycles. The maximum atomic E-state index is 12.0. The number of rotatable bonds is 2. The van der Waals surface area contributed by atoms with Crippen LogP contribution in [-0.4, -0.2) is 17.1 Å². The first-order valence-corrected chi connectivity index (χ1v) is 7.82. The van der Waals surface area contributed by atoms with Gasteiger partial charge >= 0.3 is 0 Å². The lowest BCUT2D eigenvalue weighted by atomic mass is 9.86. The molecule has 3 N–H and O–H groups in total. The summed E-state index contributed by atoms with van der Waals surface area (Å²) in [6.45, 7) is 5.81. The molecular weight excluding hydrogens is 286 g/mol. The van der Waals surface area contributed by atoms with Crippen molar-refractivity contribution < 1.29 is 9.21 Å². The molecule has 1 heterocycles. The lowest BCUT2D eigenvalue weighted by Crippen LogP contribution is -2.51. The standard InChI is InChI=1S/C15H23N3O2S/c1-9-6-4-5-7-13(9)16-15(21)18-17-14(19)12-8-10(2)20-11(12)3/h8-9,13H,4-7H2,1-3H3,(H,17,19)(H2,16,18,21)/t9-,13+/m0/s1. The largest absolute Gasteiger partial charge is 0.466 e. The number of carbonyl (C=O) groups excluding carboxylic acids is 1. The topological polar surface area (TPSA) is 66.3 Å². The molecule has 1 amide bonds. The Morgan fingerprint density at radius 3 is 2.62 bits per heavy atom. The Labute approximate surface area is 130 Å². The number of amides is 1. The van der Waals surface area contributed by atoms with Crippen LogP contribution in [-0.2, 0) is 0 Å². The minimum absolute atomic E-state index is 0.245. The predicted molar refractivity (Wildman–Crippen MR) is 85.9 cm³/mol. The van der Waals surface area contributed by atoms with Gasteiger partial charge in [0.05, 0.1) is 5.56 Å². The van der Waals surface area contributed by atoms with Gasteiger partial charge in [-0.1, -0.05) is 19.8 Å². The molecule has 6 heteroatoms. The third-order valence-corrected chi connectivity index (χ3v) is 4.22. The minimum Gasteiger partial charge on any atom is -0.466 e. The molecule has 1 aliphatic rings. The number of aryl methyl sites for hydroxylation is 2. The normalized spacial score (nSPS) is 21.7. The van der Waals surface area contributed by atoms with E-state index >= 15 is 0 Å². The lowest BCUT2D eigenvalue weighted by Gasteiger charge is -2.30. The first-order valence-electron chi connectivity index (χ1n) is 7.41. The van der Waals surface area contributed by atoms with E-state index in [1.807, 2.05) is 6.92 Å². The van der Waals surface area contributed by atoms with Crippen molar-refractivity contribution in [3.8, 4) is 0 Å². The summed E-state index contributed by atoms with van der Waals surface area (Å²) >= 11 is 5.23. The monoisotopic (exact) mass is 309 g/mol. The van der Waals surface area contributed by atoms with Gasteiger partial charge in [0.2, 0.25) is 0 Å². The molecule has 0 saturated heterocycles. The molecule has 5 nitrogen and oxygen atoms in total. The summed E-state index contributed by atoms with van der Waals surface area (Å²) in [7, 11) is 0. The van der Waals surface area contributed by atoms with Crippen LogP contribution >= 0.6 is 12.2 Å². The molecule has 0 spiro atoms. The second-order valence-electron chi connectivity index (χ2n) is 5.75. The summed E-state index contributed by atoms with van der Waals surface area (Å²) in [5, 5.41) is 3.74. The molecule has 0 radical (unpaired) electrons. The Balaban J connectivity index is 1.81. The van der Waals surface area contributed by atoms with Crippen LogP contribution in [0.5, 0.6) is 0 Å². The zero-order valence-corrected chi connectivity index (χ0v) is 13.6. The molecule has 0 aliphatic heterocycles. The molecule has 1 aromatic rings. The summed E-state index contributed by atoms with van der Waals surface area (Å²) < 4.78 is 5.34. The molecule has 0 bridgehead atoms. The SMILES string of the molecule is Cc1cc(C(=O)NNC(=S)N[C@@H]2CCCC[C@@H]2C)c(C)o1. The smallest absolute Gasteiger partial charge is 0.273 e. The molecule has 1 aliphatic carbocycles. The van der Waals surface area contributed by atoms with E-state index in [2.05, 4.69) is 23.1 Å². The Morgan fingerprint density at radius 1 is 1.29 bits per heavy atom. The fraction of sp³-hybridized carbons (Fsp3) is 0.600. The van der Waals surface area contributed by atoms with Crippen LogP contribution in [0.4, 0.5) is 0 Å². The van der Waals surface area contributed by atoms with Crippen molar-refractivity contribution in [3.05, 3.63) is 23.2 Å². The summed E-state index contributed by atoms with van der Waals surface area (Å²) in [6.07, 6.45) is 4.86. The fourth-order valence-electron chi connectivity index (χ4n) is 2.77. The molecule has 1 fully saturated rings. The number of nitrogens with one attached hydrogen (secondary N) is 3. The van der Waals surface area contributed by atoms with E-state index in [0.717, 1.165) is 12.2 Å². The van der Waals surface area contributed by atoms with Crippen molar-refractivity contribution in [3.63, 3.8) is 0 Å². The van der Waals surface area contributed by atoms with Crippen LogP contribution < -0.4 is 16.2 Å². The van der Waals surface area contributed by atoms with E-state index in [4.69, 9.17) is 16.6 Å². The van der Waals surface area contributed by atoms with E-state index < -0.39 is 0 Å². The van der Waals surface area contributed by atoms with E-state index in [-0.39, 0.29) is 5.91 Å². The Bertz CT molecular complexity index is 527. The average molecular weight is 309 g/mol. The highest BCUT2D eigenvalue weighted by atomic mass is 32.1. The molecule has 21 heavy (non-hydrogen) atoms. The number of hydrazine groups is 1. The third kappa shape index (κ3) is 4.20. The molecule has 116 valence electrons. The van der Waals surface area contributed by atoms with Crippen molar-refractivity contribution in [1.82, 2.24) is 16.2 Å². The van der Waals surface area contributed by atoms with Crippen LogP contribution in [0.15, 0.2) is 10.5 Å². The zero-order chi connectivity index (χ0) is 15.4. The van der Waals surface area contributed by atoms with E-state index in [9.17, 15) is 4.79 Å². The number of carbonyl (C=O) groups is 1. The Hall–Kier alpha value is -1.56. The molecular formula is C15H23N3O2S. The van der Waals surface area contributed by atoms with Crippen molar-refractivity contribution in [2.75, 3.05) is 0 Å². The number of thiocarbonyl (C=S) groups is 1. The van der Waals surface area contributed by atoms with Gasteiger partial charge in [0.15, 0.2) is 5.11 Å². The van der Waals surface area contributed by atoms with Crippen LogP contribution in [0.25, 0.3) is 0 Å². The van der Waals surface area contributed by atoms with E-state index in [1.54, 1.807) is 13.0 Å².